The van der Waals surface area contributed by atoms with Gasteiger partial charge >= 0.3 is 5.69 Å². The molecule has 1 heterocycles. The number of nitriles is 2. The molecule has 6 heteroatoms. The van der Waals surface area contributed by atoms with Crippen molar-refractivity contribution in [2.24, 2.45) is 0 Å². The lowest BCUT2D eigenvalue weighted by atomic mass is 10.1. The number of aromatic nitrogens is 2. The van der Waals surface area contributed by atoms with E-state index in [9.17, 15) is 9.59 Å². The Bertz CT molecular complexity index is 818. The fraction of sp³-hybridized carbons (Fsp3) is 0.0769. The normalized spacial score (nSPS) is 9.58. The number of aromatic amines is 1. The second-order valence-corrected chi connectivity index (χ2v) is 3.85. The fourth-order valence-electron chi connectivity index (χ4n) is 1.64. The first-order valence-electron chi connectivity index (χ1n) is 5.37. The zero-order valence-electron chi connectivity index (χ0n) is 9.75. The topological polar surface area (TPSA) is 102 Å². The van der Waals surface area contributed by atoms with Crippen LogP contribution in [0.5, 0.6) is 0 Å². The zero-order chi connectivity index (χ0) is 13.8. The fourth-order valence-corrected chi connectivity index (χ4v) is 1.64. The standard InChI is InChI=1S/C13H8N4O2/c14-5-9-2-1-3-10(4-9)7-17-8-11(6-15)12(18)16-13(17)19/h1-4,8H,7H2,(H,16,18,19). The molecule has 0 radical (unpaired) electrons. The van der Waals surface area contributed by atoms with E-state index >= 15 is 0 Å². The minimum Gasteiger partial charge on any atom is -0.295 e. The van der Waals surface area contributed by atoms with E-state index in [0.717, 1.165) is 5.56 Å². The third-order valence-electron chi connectivity index (χ3n) is 2.54. The molecule has 0 aliphatic carbocycles. The quantitative estimate of drug-likeness (QED) is 0.831. The highest BCUT2D eigenvalue weighted by Gasteiger charge is 2.05. The highest BCUT2D eigenvalue weighted by Crippen LogP contribution is 2.05. The summed E-state index contributed by atoms with van der Waals surface area (Å²) in [6.45, 7) is 0.180. The molecule has 92 valence electrons. The number of nitrogens with zero attached hydrogens (tertiary/aromatic N) is 3. The third-order valence-corrected chi connectivity index (χ3v) is 2.54. The molecule has 0 atom stereocenters. The molecule has 2 aromatic rings. The van der Waals surface area contributed by atoms with E-state index in [-0.39, 0.29) is 12.1 Å². The Labute approximate surface area is 107 Å². The van der Waals surface area contributed by atoms with Gasteiger partial charge in [-0.3, -0.25) is 14.3 Å². The molecule has 19 heavy (non-hydrogen) atoms. The van der Waals surface area contributed by atoms with Gasteiger partial charge in [-0.1, -0.05) is 12.1 Å². The van der Waals surface area contributed by atoms with Crippen molar-refractivity contribution >= 4 is 0 Å². The van der Waals surface area contributed by atoms with Crippen LogP contribution >= 0.6 is 0 Å². The zero-order valence-corrected chi connectivity index (χ0v) is 9.75. The smallest absolute Gasteiger partial charge is 0.295 e. The first-order valence-corrected chi connectivity index (χ1v) is 5.37. The summed E-state index contributed by atoms with van der Waals surface area (Å²) < 4.78 is 1.22. The van der Waals surface area contributed by atoms with Gasteiger partial charge in [0.05, 0.1) is 18.2 Å². The average molecular weight is 252 g/mol. The Morgan fingerprint density at radius 2 is 2.00 bits per heavy atom. The van der Waals surface area contributed by atoms with Crippen LogP contribution in [0.1, 0.15) is 16.7 Å². The molecular weight excluding hydrogens is 244 g/mol. The Balaban J connectivity index is 2.44. The lowest BCUT2D eigenvalue weighted by Crippen LogP contribution is -2.31. The first-order chi connectivity index (χ1) is 9.13. The first kappa shape index (κ1) is 12.3. The molecule has 0 aliphatic rings. The summed E-state index contributed by atoms with van der Waals surface area (Å²) in [6, 6.07) is 10.5. The minimum atomic E-state index is -0.700. The SMILES string of the molecule is N#Cc1cccc(Cn2cc(C#N)c(=O)[nH]c2=O)c1. The lowest BCUT2D eigenvalue weighted by molar-refractivity contribution is 0.717. The van der Waals surface area contributed by atoms with E-state index in [1.807, 2.05) is 6.07 Å². The van der Waals surface area contributed by atoms with Crippen molar-refractivity contribution in [1.82, 2.24) is 9.55 Å². The predicted octanol–water partition coefficient (Wildman–Crippen LogP) is 0.328. The van der Waals surface area contributed by atoms with Gasteiger partial charge in [0.25, 0.3) is 5.56 Å². The minimum absolute atomic E-state index is 0.129. The van der Waals surface area contributed by atoms with Crippen LogP contribution in [-0.2, 0) is 6.54 Å². The Kier molecular flexibility index (Phi) is 3.26. The molecule has 0 fully saturated rings. The second kappa shape index (κ2) is 5.03. The van der Waals surface area contributed by atoms with Gasteiger partial charge in [-0.05, 0) is 17.7 Å². The second-order valence-electron chi connectivity index (χ2n) is 3.85. The molecule has 0 aliphatic heterocycles. The van der Waals surface area contributed by atoms with Crippen LogP contribution in [0.15, 0.2) is 40.1 Å². The van der Waals surface area contributed by atoms with E-state index in [4.69, 9.17) is 10.5 Å². The molecule has 2 rings (SSSR count). The average Bonchev–Trinajstić information content (AvgIpc) is 2.42. The summed E-state index contributed by atoms with van der Waals surface area (Å²) >= 11 is 0. The number of hydrogen-bond acceptors (Lipinski definition) is 4. The van der Waals surface area contributed by atoms with Crippen LogP contribution in [0, 0.1) is 22.7 Å². The molecule has 0 amide bonds. The lowest BCUT2D eigenvalue weighted by Gasteiger charge is -2.05. The van der Waals surface area contributed by atoms with Gasteiger partial charge in [-0.25, -0.2) is 4.79 Å². The molecule has 0 saturated heterocycles. The van der Waals surface area contributed by atoms with Crippen LogP contribution in [0.25, 0.3) is 0 Å². The summed E-state index contributed by atoms with van der Waals surface area (Å²) in [5.41, 5.74) is -0.204. The summed E-state index contributed by atoms with van der Waals surface area (Å²) in [4.78, 5) is 24.9. The van der Waals surface area contributed by atoms with E-state index in [1.54, 1.807) is 30.3 Å². The number of rotatable bonds is 2. The van der Waals surface area contributed by atoms with Crippen molar-refractivity contribution in [3.8, 4) is 12.1 Å². The van der Waals surface area contributed by atoms with Crippen molar-refractivity contribution in [3.05, 3.63) is 68.0 Å². The van der Waals surface area contributed by atoms with Crippen LogP contribution in [0.2, 0.25) is 0 Å². The van der Waals surface area contributed by atoms with E-state index in [2.05, 4.69) is 4.98 Å². The van der Waals surface area contributed by atoms with Gasteiger partial charge in [0.1, 0.15) is 11.6 Å². The molecule has 1 aromatic carbocycles. The number of hydrogen-bond donors (Lipinski definition) is 1. The Morgan fingerprint density at radius 1 is 1.21 bits per heavy atom. The molecule has 1 N–H and O–H groups in total. The molecule has 1 aromatic heterocycles. The van der Waals surface area contributed by atoms with E-state index in [0.29, 0.717) is 5.56 Å². The molecule has 6 nitrogen and oxygen atoms in total. The summed E-state index contributed by atoms with van der Waals surface area (Å²) in [7, 11) is 0. The van der Waals surface area contributed by atoms with Crippen LogP contribution < -0.4 is 11.2 Å². The van der Waals surface area contributed by atoms with Gasteiger partial charge < -0.3 is 0 Å². The van der Waals surface area contributed by atoms with Crippen molar-refractivity contribution in [1.29, 1.82) is 10.5 Å². The molecule has 0 saturated carbocycles. The van der Waals surface area contributed by atoms with Gasteiger partial charge in [0.2, 0.25) is 0 Å². The summed E-state index contributed by atoms with van der Waals surface area (Å²) in [6.07, 6.45) is 1.21. The van der Waals surface area contributed by atoms with Gasteiger partial charge in [-0.15, -0.1) is 0 Å². The van der Waals surface area contributed by atoms with Crippen LogP contribution in [-0.4, -0.2) is 9.55 Å². The Hall–Kier alpha value is -3.12. The molecule has 0 bridgehead atoms. The van der Waals surface area contributed by atoms with Crippen molar-refractivity contribution in [2.75, 3.05) is 0 Å². The highest BCUT2D eigenvalue weighted by molar-refractivity contribution is 5.33. The predicted molar refractivity (Wildman–Crippen MR) is 66.3 cm³/mol. The van der Waals surface area contributed by atoms with E-state index in [1.165, 1.54) is 10.8 Å². The Morgan fingerprint density at radius 3 is 2.68 bits per heavy atom. The maximum absolute atomic E-state index is 11.6. The molecule has 0 unspecified atom stereocenters. The number of nitrogens with one attached hydrogen (secondary N) is 1. The third kappa shape index (κ3) is 2.59. The summed E-state index contributed by atoms with van der Waals surface area (Å²) in [5.74, 6) is 0. The van der Waals surface area contributed by atoms with Gasteiger partial charge in [0.15, 0.2) is 0 Å². The highest BCUT2D eigenvalue weighted by atomic mass is 16.2. The monoisotopic (exact) mass is 252 g/mol. The largest absolute Gasteiger partial charge is 0.328 e. The van der Waals surface area contributed by atoms with E-state index < -0.39 is 11.2 Å². The number of H-pyrrole nitrogens is 1. The maximum Gasteiger partial charge on any atom is 0.328 e. The van der Waals surface area contributed by atoms with Crippen molar-refractivity contribution in [2.45, 2.75) is 6.54 Å². The van der Waals surface area contributed by atoms with Crippen molar-refractivity contribution in [3.63, 3.8) is 0 Å². The van der Waals surface area contributed by atoms with Gasteiger partial charge in [0, 0.05) is 6.20 Å². The van der Waals surface area contributed by atoms with Crippen molar-refractivity contribution < 1.29 is 0 Å². The van der Waals surface area contributed by atoms with Crippen LogP contribution in [0.3, 0.4) is 0 Å². The molecular formula is C13H8N4O2. The van der Waals surface area contributed by atoms with Crippen LogP contribution in [0.4, 0.5) is 0 Å². The maximum atomic E-state index is 11.6. The van der Waals surface area contributed by atoms with Gasteiger partial charge in [-0.2, -0.15) is 10.5 Å². The number of benzene rings is 1. The molecule has 0 spiro atoms. The summed E-state index contributed by atoms with van der Waals surface area (Å²) in [5, 5.41) is 17.5.